The summed E-state index contributed by atoms with van der Waals surface area (Å²) in [6, 6.07) is 11.6. The number of carboxylic acid groups (broad SMARTS) is 1. The van der Waals surface area contributed by atoms with Crippen LogP contribution in [0, 0.1) is 0 Å². The van der Waals surface area contributed by atoms with E-state index in [1.54, 1.807) is 12.1 Å². The Balaban J connectivity index is 1.70. The van der Waals surface area contributed by atoms with Gasteiger partial charge in [-0.05, 0) is 53.6 Å². The van der Waals surface area contributed by atoms with Crippen molar-refractivity contribution in [3.05, 3.63) is 59.7 Å². The quantitative estimate of drug-likeness (QED) is 0.444. The SMILES string of the molecule is O=C(O)NCCc1ccc(S(=O)(=O)c2ccc(C(=O)Nc3nn[nH]n3)cc2)cc1. The van der Waals surface area contributed by atoms with Crippen LogP contribution in [-0.4, -0.2) is 52.7 Å². The molecule has 0 unspecified atom stereocenters. The maximum Gasteiger partial charge on any atom is 0.404 e. The summed E-state index contributed by atoms with van der Waals surface area (Å²) >= 11 is 0. The number of hydrogen-bond donors (Lipinski definition) is 4. The molecule has 0 saturated carbocycles. The van der Waals surface area contributed by atoms with E-state index < -0.39 is 21.8 Å². The van der Waals surface area contributed by atoms with Crippen LogP contribution < -0.4 is 10.6 Å². The third kappa shape index (κ3) is 4.93. The number of aromatic nitrogens is 4. The molecule has 0 aliphatic heterocycles. The first-order chi connectivity index (χ1) is 13.9. The molecule has 1 aromatic heterocycles. The zero-order valence-corrected chi connectivity index (χ0v) is 15.7. The van der Waals surface area contributed by atoms with Gasteiger partial charge in [-0.25, -0.2) is 13.2 Å². The lowest BCUT2D eigenvalue weighted by molar-refractivity contribution is 0.102. The lowest BCUT2D eigenvalue weighted by Crippen LogP contribution is -2.23. The minimum Gasteiger partial charge on any atom is -0.465 e. The molecule has 0 aliphatic carbocycles. The molecule has 3 aromatic rings. The predicted molar refractivity (Wildman–Crippen MR) is 100 cm³/mol. The van der Waals surface area contributed by atoms with Gasteiger partial charge in [-0.15, -0.1) is 5.10 Å². The normalized spacial score (nSPS) is 11.0. The van der Waals surface area contributed by atoms with Crippen molar-refractivity contribution in [1.82, 2.24) is 25.9 Å². The van der Waals surface area contributed by atoms with Gasteiger partial charge >= 0.3 is 6.09 Å². The Morgan fingerprint density at radius 2 is 1.62 bits per heavy atom. The molecule has 0 aliphatic rings. The maximum atomic E-state index is 12.8. The second kappa shape index (κ2) is 8.48. The Hall–Kier alpha value is -3.80. The number of amides is 2. The summed E-state index contributed by atoms with van der Waals surface area (Å²) in [7, 11) is -3.76. The van der Waals surface area contributed by atoms with Gasteiger partial charge in [-0.2, -0.15) is 5.21 Å². The van der Waals surface area contributed by atoms with Crippen molar-refractivity contribution in [2.45, 2.75) is 16.2 Å². The van der Waals surface area contributed by atoms with Gasteiger partial charge in [0.05, 0.1) is 9.79 Å². The van der Waals surface area contributed by atoms with Gasteiger partial charge in [0, 0.05) is 12.1 Å². The summed E-state index contributed by atoms with van der Waals surface area (Å²) in [5.74, 6) is -0.500. The minimum atomic E-state index is -3.76. The molecule has 2 aromatic carbocycles. The van der Waals surface area contributed by atoms with Crippen molar-refractivity contribution in [3.8, 4) is 0 Å². The molecule has 1 heterocycles. The van der Waals surface area contributed by atoms with Crippen LogP contribution in [0.2, 0.25) is 0 Å². The molecule has 0 saturated heterocycles. The van der Waals surface area contributed by atoms with Gasteiger partial charge in [0.1, 0.15) is 0 Å². The first-order valence-electron chi connectivity index (χ1n) is 8.32. The largest absolute Gasteiger partial charge is 0.465 e. The number of nitrogens with zero attached hydrogens (tertiary/aromatic N) is 3. The second-order valence-corrected chi connectivity index (χ2v) is 7.79. The van der Waals surface area contributed by atoms with E-state index in [1.807, 2.05) is 0 Å². The van der Waals surface area contributed by atoms with Gasteiger partial charge in [0.15, 0.2) is 0 Å². The first-order valence-corrected chi connectivity index (χ1v) is 9.80. The number of rotatable bonds is 7. The van der Waals surface area contributed by atoms with Crippen LogP contribution in [0.4, 0.5) is 10.7 Å². The third-order valence-electron chi connectivity index (χ3n) is 3.92. The summed E-state index contributed by atoms with van der Waals surface area (Å²) in [6.07, 6.45) is -0.671. The number of benzene rings is 2. The molecule has 3 rings (SSSR count). The van der Waals surface area contributed by atoms with Crippen LogP contribution in [0.3, 0.4) is 0 Å². The van der Waals surface area contributed by atoms with Crippen molar-refractivity contribution in [2.24, 2.45) is 0 Å². The zero-order chi connectivity index (χ0) is 20.9. The van der Waals surface area contributed by atoms with Crippen molar-refractivity contribution >= 4 is 27.8 Å². The molecule has 150 valence electrons. The zero-order valence-electron chi connectivity index (χ0n) is 14.9. The Bertz CT molecular complexity index is 1100. The van der Waals surface area contributed by atoms with Crippen molar-refractivity contribution in [1.29, 1.82) is 0 Å². The smallest absolute Gasteiger partial charge is 0.404 e. The average Bonchev–Trinajstić information content (AvgIpc) is 3.21. The number of anilines is 1. The summed E-state index contributed by atoms with van der Waals surface area (Å²) in [4.78, 5) is 22.7. The van der Waals surface area contributed by atoms with E-state index in [0.717, 1.165) is 5.56 Å². The molecular weight excluding hydrogens is 400 g/mol. The van der Waals surface area contributed by atoms with Crippen LogP contribution in [-0.2, 0) is 16.3 Å². The van der Waals surface area contributed by atoms with E-state index in [0.29, 0.717) is 6.42 Å². The summed E-state index contributed by atoms with van der Waals surface area (Å²) in [5.41, 5.74) is 1.03. The summed E-state index contributed by atoms with van der Waals surface area (Å²) < 4.78 is 25.5. The molecule has 0 radical (unpaired) electrons. The molecule has 0 fully saturated rings. The number of hydrogen-bond acceptors (Lipinski definition) is 7. The fourth-order valence-electron chi connectivity index (χ4n) is 2.46. The highest BCUT2D eigenvalue weighted by atomic mass is 32.2. The Morgan fingerprint density at radius 1 is 1.00 bits per heavy atom. The lowest BCUT2D eigenvalue weighted by atomic mass is 10.1. The molecule has 0 atom stereocenters. The average molecular weight is 416 g/mol. The molecule has 11 nitrogen and oxygen atoms in total. The summed E-state index contributed by atoms with van der Waals surface area (Å²) in [5, 5.41) is 25.9. The van der Waals surface area contributed by atoms with Crippen LogP contribution in [0.15, 0.2) is 58.3 Å². The molecule has 2 amide bonds. The number of carbonyl (C=O) groups excluding carboxylic acids is 1. The number of aromatic amines is 1. The Morgan fingerprint density at radius 3 is 2.17 bits per heavy atom. The Labute approximate surface area is 165 Å². The molecule has 0 spiro atoms. The van der Waals surface area contributed by atoms with Crippen LogP contribution in [0.5, 0.6) is 0 Å². The molecule has 29 heavy (non-hydrogen) atoms. The van der Waals surface area contributed by atoms with E-state index in [9.17, 15) is 18.0 Å². The van der Waals surface area contributed by atoms with Crippen molar-refractivity contribution in [2.75, 3.05) is 11.9 Å². The fraction of sp³-hybridized carbons (Fsp3) is 0.118. The van der Waals surface area contributed by atoms with E-state index in [4.69, 9.17) is 5.11 Å². The van der Waals surface area contributed by atoms with Crippen LogP contribution in [0.1, 0.15) is 15.9 Å². The number of sulfone groups is 1. The maximum absolute atomic E-state index is 12.8. The van der Waals surface area contributed by atoms with Crippen LogP contribution >= 0.6 is 0 Å². The highest BCUT2D eigenvalue weighted by Crippen LogP contribution is 2.22. The number of H-pyrrole nitrogens is 1. The standard InChI is InChI=1S/C17H16N6O5S/c24-15(19-16-20-22-23-21-16)12-3-7-14(8-4-12)29(27,28)13-5-1-11(2-6-13)9-10-18-17(25)26/h1-8,18H,9-10H2,(H,25,26)(H2,19,20,21,22,23,24). The van der Waals surface area contributed by atoms with E-state index in [-0.39, 0.29) is 27.8 Å². The van der Waals surface area contributed by atoms with Crippen molar-refractivity contribution < 1.29 is 23.1 Å². The highest BCUT2D eigenvalue weighted by Gasteiger charge is 2.18. The second-order valence-electron chi connectivity index (χ2n) is 5.84. The molecule has 4 N–H and O–H groups in total. The van der Waals surface area contributed by atoms with Crippen LogP contribution in [0.25, 0.3) is 0 Å². The van der Waals surface area contributed by atoms with Gasteiger partial charge in [-0.3, -0.25) is 10.1 Å². The van der Waals surface area contributed by atoms with Gasteiger partial charge < -0.3 is 10.4 Å². The number of carbonyl (C=O) groups is 2. The Kier molecular flexibility index (Phi) is 5.83. The highest BCUT2D eigenvalue weighted by molar-refractivity contribution is 7.91. The minimum absolute atomic E-state index is 0.00495. The lowest BCUT2D eigenvalue weighted by Gasteiger charge is -2.07. The van der Waals surface area contributed by atoms with Gasteiger partial charge in [0.2, 0.25) is 9.84 Å². The molecule has 0 bridgehead atoms. The topological polar surface area (TPSA) is 167 Å². The van der Waals surface area contributed by atoms with E-state index >= 15 is 0 Å². The fourth-order valence-corrected chi connectivity index (χ4v) is 3.72. The summed E-state index contributed by atoms with van der Waals surface area (Å²) in [6.45, 7) is 0.231. The number of tetrazole rings is 1. The predicted octanol–water partition coefficient (Wildman–Crippen LogP) is 1.09. The van der Waals surface area contributed by atoms with E-state index in [1.165, 1.54) is 36.4 Å². The number of nitrogens with one attached hydrogen (secondary N) is 3. The molecular formula is C17H16N6O5S. The van der Waals surface area contributed by atoms with Gasteiger partial charge in [-0.1, -0.05) is 17.2 Å². The van der Waals surface area contributed by atoms with Gasteiger partial charge in [0.25, 0.3) is 11.9 Å². The van der Waals surface area contributed by atoms with E-state index in [2.05, 4.69) is 31.3 Å². The third-order valence-corrected chi connectivity index (χ3v) is 5.71. The monoisotopic (exact) mass is 416 g/mol. The molecule has 12 heteroatoms. The van der Waals surface area contributed by atoms with Crippen molar-refractivity contribution in [3.63, 3.8) is 0 Å². The first kappa shape index (κ1) is 19.9.